The Hall–Kier alpha value is -0.0800. The van der Waals surface area contributed by atoms with Crippen LogP contribution in [0.5, 0.6) is 0 Å². The Labute approximate surface area is 120 Å². The molecule has 2 aliphatic rings. The van der Waals surface area contributed by atoms with Gasteiger partial charge in [0.05, 0.1) is 0 Å². The van der Waals surface area contributed by atoms with Crippen molar-refractivity contribution in [1.29, 1.82) is 0 Å². The minimum Gasteiger partial charge on any atom is -0.313 e. The Morgan fingerprint density at radius 3 is 2.63 bits per heavy atom. The third kappa shape index (κ3) is 4.46. The summed E-state index contributed by atoms with van der Waals surface area (Å²) in [4.78, 5) is 2.60. The first kappa shape index (κ1) is 15.3. The van der Waals surface area contributed by atoms with E-state index in [2.05, 4.69) is 38.0 Å². The van der Waals surface area contributed by atoms with E-state index in [0.29, 0.717) is 5.41 Å². The van der Waals surface area contributed by atoms with Crippen LogP contribution in [0.2, 0.25) is 0 Å². The average molecular weight is 266 g/mol. The number of hydrogen-bond acceptors (Lipinski definition) is 2. The molecule has 0 radical (unpaired) electrons. The molecule has 0 aromatic heterocycles. The molecular formula is C17H34N2. The molecule has 2 nitrogen and oxygen atoms in total. The van der Waals surface area contributed by atoms with Gasteiger partial charge in [-0.25, -0.2) is 0 Å². The van der Waals surface area contributed by atoms with Crippen LogP contribution in [0.4, 0.5) is 0 Å². The van der Waals surface area contributed by atoms with Crippen LogP contribution in [-0.2, 0) is 0 Å². The molecule has 0 amide bonds. The fourth-order valence-electron chi connectivity index (χ4n) is 3.77. The van der Waals surface area contributed by atoms with E-state index in [1.807, 2.05) is 0 Å². The smallest absolute Gasteiger partial charge is 0.00684 e. The van der Waals surface area contributed by atoms with Crippen LogP contribution in [0.3, 0.4) is 0 Å². The Morgan fingerprint density at radius 1 is 1.32 bits per heavy atom. The summed E-state index contributed by atoms with van der Waals surface area (Å²) in [6, 6.07) is 1.57. The van der Waals surface area contributed by atoms with E-state index in [-0.39, 0.29) is 0 Å². The van der Waals surface area contributed by atoms with Crippen LogP contribution in [0.1, 0.15) is 65.7 Å². The highest BCUT2D eigenvalue weighted by Crippen LogP contribution is 2.40. The van der Waals surface area contributed by atoms with E-state index in [9.17, 15) is 0 Å². The molecule has 2 saturated carbocycles. The van der Waals surface area contributed by atoms with Crippen LogP contribution >= 0.6 is 0 Å². The molecule has 3 unspecified atom stereocenters. The zero-order valence-electron chi connectivity index (χ0n) is 13.5. The third-order valence-electron chi connectivity index (χ3n) is 5.46. The lowest BCUT2D eigenvalue weighted by atomic mass is 9.69. The fraction of sp³-hybridized carbons (Fsp3) is 1.00. The molecule has 2 heteroatoms. The first-order valence-corrected chi connectivity index (χ1v) is 8.48. The topological polar surface area (TPSA) is 15.3 Å². The molecule has 2 fully saturated rings. The number of nitrogens with one attached hydrogen (secondary N) is 1. The van der Waals surface area contributed by atoms with Crippen molar-refractivity contribution in [2.45, 2.75) is 77.8 Å². The Kier molecular flexibility index (Phi) is 5.30. The molecule has 2 aliphatic carbocycles. The summed E-state index contributed by atoms with van der Waals surface area (Å²) in [7, 11) is 2.33. The Balaban J connectivity index is 1.95. The average Bonchev–Trinajstić information content (AvgIpc) is 3.19. The second-order valence-corrected chi connectivity index (χ2v) is 7.53. The van der Waals surface area contributed by atoms with Crippen molar-refractivity contribution in [3.8, 4) is 0 Å². The van der Waals surface area contributed by atoms with Gasteiger partial charge in [-0.2, -0.15) is 0 Å². The minimum atomic E-state index is 0.540. The van der Waals surface area contributed by atoms with E-state index < -0.39 is 0 Å². The van der Waals surface area contributed by atoms with Gasteiger partial charge >= 0.3 is 0 Å². The molecule has 0 saturated heterocycles. The van der Waals surface area contributed by atoms with Gasteiger partial charge in [0.15, 0.2) is 0 Å². The lowest BCUT2D eigenvalue weighted by Gasteiger charge is -2.44. The largest absolute Gasteiger partial charge is 0.313 e. The predicted octanol–water partition coefficient (Wildman–Crippen LogP) is 3.67. The standard InChI is InChI=1S/C17H34N2/c1-5-15(3)19(4)13-17(12-18-16-8-9-16)10-6-7-14(2)11-17/h14-16,18H,5-13H2,1-4H3. The van der Waals surface area contributed by atoms with Gasteiger partial charge < -0.3 is 10.2 Å². The molecule has 1 N–H and O–H groups in total. The van der Waals surface area contributed by atoms with Crippen molar-refractivity contribution in [2.75, 3.05) is 20.1 Å². The number of hydrogen-bond donors (Lipinski definition) is 1. The molecular weight excluding hydrogens is 232 g/mol. The molecule has 0 aromatic rings. The van der Waals surface area contributed by atoms with Gasteiger partial charge in [0.1, 0.15) is 0 Å². The van der Waals surface area contributed by atoms with Crippen LogP contribution in [-0.4, -0.2) is 37.1 Å². The first-order valence-electron chi connectivity index (χ1n) is 8.48. The lowest BCUT2D eigenvalue weighted by Crippen LogP contribution is -2.48. The van der Waals surface area contributed by atoms with Gasteiger partial charge in [0, 0.05) is 25.2 Å². The van der Waals surface area contributed by atoms with Gasteiger partial charge in [-0.1, -0.05) is 26.7 Å². The molecule has 3 atom stereocenters. The summed E-state index contributed by atoms with van der Waals surface area (Å²) >= 11 is 0. The summed E-state index contributed by atoms with van der Waals surface area (Å²) in [5, 5.41) is 3.82. The third-order valence-corrected chi connectivity index (χ3v) is 5.46. The number of nitrogens with zero attached hydrogens (tertiary/aromatic N) is 1. The molecule has 2 rings (SSSR count). The number of rotatable bonds is 7. The molecule has 0 bridgehead atoms. The van der Waals surface area contributed by atoms with E-state index in [1.165, 1.54) is 58.0 Å². The van der Waals surface area contributed by atoms with Gasteiger partial charge in [0.2, 0.25) is 0 Å². The van der Waals surface area contributed by atoms with Crippen molar-refractivity contribution < 1.29 is 0 Å². The Bertz CT molecular complexity index is 274. The van der Waals surface area contributed by atoms with Gasteiger partial charge in [-0.15, -0.1) is 0 Å². The highest BCUT2D eigenvalue weighted by atomic mass is 15.1. The van der Waals surface area contributed by atoms with Gasteiger partial charge in [0.25, 0.3) is 0 Å². The van der Waals surface area contributed by atoms with Crippen molar-refractivity contribution in [1.82, 2.24) is 10.2 Å². The SMILES string of the molecule is CCC(C)N(C)CC1(CNC2CC2)CCCC(C)C1. The normalized spacial score (nSPS) is 33.6. The van der Waals surface area contributed by atoms with Crippen molar-refractivity contribution in [2.24, 2.45) is 11.3 Å². The first-order chi connectivity index (χ1) is 9.04. The molecule has 112 valence electrons. The molecule has 0 aromatic carbocycles. The quantitative estimate of drug-likeness (QED) is 0.756. The van der Waals surface area contributed by atoms with Gasteiger partial charge in [-0.05, 0) is 57.4 Å². The van der Waals surface area contributed by atoms with Crippen LogP contribution in [0.15, 0.2) is 0 Å². The van der Waals surface area contributed by atoms with E-state index in [0.717, 1.165) is 18.0 Å². The summed E-state index contributed by atoms with van der Waals surface area (Å²) in [5.74, 6) is 0.917. The summed E-state index contributed by atoms with van der Waals surface area (Å²) < 4.78 is 0. The van der Waals surface area contributed by atoms with E-state index in [1.54, 1.807) is 0 Å². The predicted molar refractivity (Wildman–Crippen MR) is 83.5 cm³/mol. The maximum Gasteiger partial charge on any atom is 0.00684 e. The highest BCUT2D eigenvalue weighted by molar-refractivity contribution is 4.93. The monoisotopic (exact) mass is 266 g/mol. The summed E-state index contributed by atoms with van der Waals surface area (Å²) in [6.07, 6.45) is 9.81. The van der Waals surface area contributed by atoms with E-state index in [4.69, 9.17) is 0 Å². The van der Waals surface area contributed by atoms with E-state index >= 15 is 0 Å². The highest BCUT2D eigenvalue weighted by Gasteiger charge is 2.37. The molecule has 19 heavy (non-hydrogen) atoms. The Morgan fingerprint density at radius 2 is 2.05 bits per heavy atom. The fourth-order valence-corrected chi connectivity index (χ4v) is 3.77. The zero-order chi connectivity index (χ0) is 13.9. The maximum absolute atomic E-state index is 3.82. The zero-order valence-corrected chi connectivity index (χ0v) is 13.5. The maximum atomic E-state index is 3.82. The van der Waals surface area contributed by atoms with Gasteiger partial charge in [-0.3, -0.25) is 0 Å². The van der Waals surface area contributed by atoms with Crippen LogP contribution in [0.25, 0.3) is 0 Å². The molecule has 0 aliphatic heterocycles. The second kappa shape index (κ2) is 6.58. The van der Waals surface area contributed by atoms with Crippen molar-refractivity contribution in [3.05, 3.63) is 0 Å². The summed E-state index contributed by atoms with van der Waals surface area (Å²) in [6.45, 7) is 9.66. The van der Waals surface area contributed by atoms with Crippen molar-refractivity contribution in [3.63, 3.8) is 0 Å². The van der Waals surface area contributed by atoms with Crippen molar-refractivity contribution >= 4 is 0 Å². The summed E-state index contributed by atoms with van der Waals surface area (Å²) in [5.41, 5.74) is 0.540. The van der Waals surface area contributed by atoms with Crippen LogP contribution < -0.4 is 5.32 Å². The van der Waals surface area contributed by atoms with Crippen LogP contribution in [0, 0.1) is 11.3 Å². The lowest BCUT2D eigenvalue weighted by molar-refractivity contribution is 0.0747. The molecule has 0 spiro atoms. The second-order valence-electron chi connectivity index (χ2n) is 7.53. The molecule has 0 heterocycles. The minimum absolute atomic E-state index is 0.540.